The average molecular weight is 163 g/mol. The molecule has 1 aromatic rings. The molecule has 0 atom stereocenters. The van der Waals surface area contributed by atoms with Gasteiger partial charge in [0.2, 0.25) is 5.56 Å². The van der Waals surface area contributed by atoms with Crippen molar-refractivity contribution in [3.8, 4) is 0 Å². The van der Waals surface area contributed by atoms with E-state index in [9.17, 15) is 4.79 Å². The van der Waals surface area contributed by atoms with Gasteiger partial charge in [-0.2, -0.15) is 0 Å². The third kappa shape index (κ3) is 1.07. The Kier molecular flexibility index (Phi) is 1.75. The summed E-state index contributed by atoms with van der Waals surface area (Å²) in [5.74, 6) is 0. The lowest BCUT2D eigenvalue weighted by molar-refractivity contribution is 0.897. The van der Waals surface area contributed by atoms with Gasteiger partial charge in [-0.25, -0.2) is 0 Å². The molecular weight excluding hydrogens is 150 g/mol. The van der Waals surface area contributed by atoms with Gasteiger partial charge in [-0.3, -0.25) is 4.79 Å². The van der Waals surface area contributed by atoms with Crippen molar-refractivity contribution >= 4 is 0 Å². The maximum atomic E-state index is 11.2. The summed E-state index contributed by atoms with van der Waals surface area (Å²) in [6.45, 7) is 2.09. The van der Waals surface area contributed by atoms with Crippen LogP contribution in [0, 0.1) is 0 Å². The Labute approximate surface area is 71.6 Å². The molecule has 0 amide bonds. The standard InChI is InChI=1S/C10H13NO/c1-2-9-8-5-3-4-7(8)6-10(12)11-9/h6H,2-5H2,1H3,(H,11,12). The molecule has 0 saturated carbocycles. The highest BCUT2D eigenvalue weighted by molar-refractivity contribution is 5.33. The van der Waals surface area contributed by atoms with Crippen LogP contribution in [0.2, 0.25) is 0 Å². The number of rotatable bonds is 1. The first kappa shape index (κ1) is 7.59. The highest BCUT2D eigenvalue weighted by atomic mass is 16.1. The average Bonchev–Trinajstić information content (AvgIpc) is 2.50. The lowest BCUT2D eigenvalue weighted by Gasteiger charge is -2.04. The molecule has 0 aromatic carbocycles. The molecule has 0 saturated heterocycles. The van der Waals surface area contributed by atoms with Gasteiger partial charge in [0, 0.05) is 11.8 Å². The molecule has 2 rings (SSSR count). The van der Waals surface area contributed by atoms with E-state index in [1.165, 1.54) is 17.5 Å². The van der Waals surface area contributed by atoms with Crippen LogP contribution < -0.4 is 5.56 Å². The fourth-order valence-corrected chi connectivity index (χ4v) is 1.99. The Morgan fingerprint density at radius 2 is 2.33 bits per heavy atom. The van der Waals surface area contributed by atoms with Crippen LogP contribution in [0.5, 0.6) is 0 Å². The normalized spacial score (nSPS) is 14.8. The second-order valence-corrected chi connectivity index (χ2v) is 3.32. The summed E-state index contributed by atoms with van der Waals surface area (Å²) < 4.78 is 0. The van der Waals surface area contributed by atoms with E-state index >= 15 is 0 Å². The first-order valence-corrected chi connectivity index (χ1v) is 4.55. The van der Waals surface area contributed by atoms with Crippen LogP contribution in [0.1, 0.15) is 30.2 Å². The SMILES string of the molecule is CCc1[nH]c(=O)cc2c1CCC2. The molecule has 0 radical (unpaired) electrons. The van der Waals surface area contributed by atoms with Crippen molar-refractivity contribution < 1.29 is 0 Å². The lowest BCUT2D eigenvalue weighted by atomic mass is 10.1. The topological polar surface area (TPSA) is 32.9 Å². The molecule has 2 heteroatoms. The molecule has 64 valence electrons. The summed E-state index contributed by atoms with van der Waals surface area (Å²) in [5, 5.41) is 0. The van der Waals surface area contributed by atoms with E-state index in [0.29, 0.717) is 0 Å². The van der Waals surface area contributed by atoms with Gasteiger partial charge >= 0.3 is 0 Å². The predicted octanol–water partition coefficient (Wildman–Crippen LogP) is 1.43. The van der Waals surface area contributed by atoms with Gasteiger partial charge in [-0.05, 0) is 36.8 Å². The minimum Gasteiger partial charge on any atom is -0.326 e. The molecule has 0 fully saturated rings. The molecule has 1 aliphatic carbocycles. The summed E-state index contributed by atoms with van der Waals surface area (Å²) in [6.07, 6.45) is 4.39. The molecule has 2 nitrogen and oxygen atoms in total. The summed E-state index contributed by atoms with van der Waals surface area (Å²) in [5.41, 5.74) is 3.88. The van der Waals surface area contributed by atoms with Gasteiger partial charge in [0.1, 0.15) is 0 Å². The van der Waals surface area contributed by atoms with Crippen LogP contribution >= 0.6 is 0 Å². The minimum atomic E-state index is 0.0625. The number of hydrogen-bond donors (Lipinski definition) is 1. The fourth-order valence-electron chi connectivity index (χ4n) is 1.99. The minimum absolute atomic E-state index is 0.0625. The van der Waals surface area contributed by atoms with E-state index in [-0.39, 0.29) is 5.56 Å². The number of hydrogen-bond acceptors (Lipinski definition) is 1. The number of aromatic amines is 1. The van der Waals surface area contributed by atoms with Gasteiger partial charge in [0.15, 0.2) is 0 Å². The lowest BCUT2D eigenvalue weighted by Crippen LogP contribution is -2.10. The van der Waals surface area contributed by atoms with Crippen molar-refractivity contribution in [3.63, 3.8) is 0 Å². The first-order chi connectivity index (χ1) is 5.81. The molecular formula is C10H13NO. The van der Waals surface area contributed by atoms with Gasteiger partial charge < -0.3 is 4.98 Å². The zero-order chi connectivity index (χ0) is 8.55. The van der Waals surface area contributed by atoms with Crippen molar-refractivity contribution in [3.05, 3.63) is 33.2 Å². The van der Waals surface area contributed by atoms with E-state index in [2.05, 4.69) is 11.9 Å². The molecule has 12 heavy (non-hydrogen) atoms. The van der Waals surface area contributed by atoms with E-state index < -0.39 is 0 Å². The van der Waals surface area contributed by atoms with Crippen molar-refractivity contribution in [1.82, 2.24) is 4.98 Å². The van der Waals surface area contributed by atoms with Crippen molar-refractivity contribution in [2.75, 3.05) is 0 Å². The van der Waals surface area contributed by atoms with Gasteiger partial charge in [0.05, 0.1) is 0 Å². The monoisotopic (exact) mass is 163 g/mol. The van der Waals surface area contributed by atoms with Gasteiger partial charge in [-0.1, -0.05) is 6.92 Å². The molecule has 0 aliphatic heterocycles. The van der Waals surface area contributed by atoms with Crippen LogP contribution in [0.15, 0.2) is 10.9 Å². The Morgan fingerprint density at radius 1 is 1.50 bits per heavy atom. The number of nitrogens with one attached hydrogen (secondary N) is 1. The molecule has 1 aromatic heterocycles. The van der Waals surface area contributed by atoms with Crippen LogP contribution in [-0.4, -0.2) is 4.98 Å². The summed E-state index contributed by atoms with van der Waals surface area (Å²) in [7, 11) is 0. The molecule has 1 heterocycles. The van der Waals surface area contributed by atoms with Crippen molar-refractivity contribution in [1.29, 1.82) is 0 Å². The molecule has 1 N–H and O–H groups in total. The summed E-state index contributed by atoms with van der Waals surface area (Å²) in [6, 6.07) is 1.75. The van der Waals surface area contributed by atoms with Crippen LogP contribution in [0.4, 0.5) is 0 Å². The maximum Gasteiger partial charge on any atom is 0.248 e. The van der Waals surface area contributed by atoms with E-state index in [4.69, 9.17) is 0 Å². The number of pyridine rings is 1. The highest BCUT2D eigenvalue weighted by Crippen LogP contribution is 2.22. The number of aryl methyl sites for hydroxylation is 2. The van der Waals surface area contributed by atoms with Crippen LogP contribution in [0.3, 0.4) is 0 Å². The smallest absolute Gasteiger partial charge is 0.248 e. The largest absolute Gasteiger partial charge is 0.326 e. The van der Waals surface area contributed by atoms with Gasteiger partial charge in [0.25, 0.3) is 0 Å². The first-order valence-electron chi connectivity index (χ1n) is 4.55. The molecule has 0 unspecified atom stereocenters. The maximum absolute atomic E-state index is 11.2. The molecule has 0 bridgehead atoms. The zero-order valence-electron chi connectivity index (χ0n) is 7.31. The van der Waals surface area contributed by atoms with E-state index in [0.717, 1.165) is 25.0 Å². The highest BCUT2D eigenvalue weighted by Gasteiger charge is 2.14. The summed E-state index contributed by atoms with van der Waals surface area (Å²) in [4.78, 5) is 14.1. The Balaban J connectivity index is 2.62. The second kappa shape index (κ2) is 2.77. The third-order valence-corrected chi connectivity index (χ3v) is 2.56. The van der Waals surface area contributed by atoms with Crippen molar-refractivity contribution in [2.24, 2.45) is 0 Å². The Morgan fingerprint density at radius 3 is 3.08 bits per heavy atom. The third-order valence-electron chi connectivity index (χ3n) is 2.56. The number of H-pyrrole nitrogens is 1. The van der Waals surface area contributed by atoms with Crippen LogP contribution in [-0.2, 0) is 19.3 Å². The van der Waals surface area contributed by atoms with Crippen LogP contribution in [0.25, 0.3) is 0 Å². The summed E-state index contributed by atoms with van der Waals surface area (Å²) >= 11 is 0. The van der Waals surface area contributed by atoms with Crippen molar-refractivity contribution in [2.45, 2.75) is 32.6 Å². The van der Waals surface area contributed by atoms with E-state index in [1.54, 1.807) is 6.07 Å². The Hall–Kier alpha value is -1.05. The Bertz CT molecular complexity index is 351. The second-order valence-electron chi connectivity index (χ2n) is 3.32. The van der Waals surface area contributed by atoms with Gasteiger partial charge in [-0.15, -0.1) is 0 Å². The molecule has 0 spiro atoms. The number of aromatic nitrogens is 1. The quantitative estimate of drug-likeness (QED) is 0.667. The zero-order valence-corrected chi connectivity index (χ0v) is 7.31. The van der Waals surface area contributed by atoms with E-state index in [1.807, 2.05) is 0 Å². The predicted molar refractivity (Wildman–Crippen MR) is 48.5 cm³/mol. The molecule has 1 aliphatic rings. The fraction of sp³-hybridized carbons (Fsp3) is 0.500. The number of fused-ring (bicyclic) bond motifs is 1.